The van der Waals surface area contributed by atoms with Crippen LogP contribution in [0, 0.1) is 0 Å². The van der Waals surface area contributed by atoms with Gasteiger partial charge in [0.05, 0.1) is 24.2 Å². The molecule has 0 unspecified atom stereocenters. The molecule has 13 heteroatoms. The van der Waals surface area contributed by atoms with E-state index in [2.05, 4.69) is 15.3 Å². The lowest BCUT2D eigenvalue weighted by atomic mass is 9.95. The summed E-state index contributed by atoms with van der Waals surface area (Å²) in [4.78, 5) is 36.9. The number of anilines is 2. The molecule has 2 aliphatic rings. The molecule has 0 spiro atoms. The van der Waals surface area contributed by atoms with Gasteiger partial charge in [-0.3, -0.25) is 9.59 Å². The number of alkyl halides is 3. The van der Waals surface area contributed by atoms with E-state index in [1.165, 1.54) is 18.4 Å². The third-order valence-electron chi connectivity index (χ3n) is 6.23. The van der Waals surface area contributed by atoms with E-state index < -0.39 is 18.6 Å². The van der Waals surface area contributed by atoms with Crippen LogP contribution in [0.15, 0.2) is 36.7 Å². The van der Waals surface area contributed by atoms with Gasteiger partial charge in [-0.05, 0) is 47.4 Å². The standard InChI is InChI=1S/C25H24F3N5O4S/c1-36-18-10-17(9-16-3-5-33(14-25(26,27)28)23(35)22(16)18)19-11-30-24(38-19)31-20-8-15(2-4-29-20)12-32-6-7-37-13-21(32)34/h2,4,8-11H,3,5-7,12-14H2,1H3,(H,29,30,31). The molecule has 1 fully saturated rings. The predicted molar refractivity (Wildman–Crippen MR) is 134 cm³/mol. The summed E-state index contributed by atoms with van der Waals surface area (Å²) >= 11 is 1.36. The molecule has 1 aromatic carbocycles. The molecule has 0 saturated carbocycles. The van der Waals surface area contributed by atoms with Crippen LogP contribution < -0.4 is 10.1 Å². The first-order chi connectivity index (χ1) is 18.2. The zero-order valence-corrected chi connectivity index (χ0v) is 21.2. The molecule has 0 radical (unpaired) electrons. The molecule has 38 heavy (non-hydrogen) atoms. The molecule has 3 aromatic rings. The average molecular weight is 548 g/mol. The first kappa shape index (κ1) is 25.9. The number of halogens is 3. The summed E-state index contributed by atoms with van der Waals surface area (Å²) in [7, 11) is 1.39. The minimum absolute atomic E-state index is 0.0223. The van der Waals surface area contributed by atoms with Crippen molar-refractivity contribution in [1.29, 1.82) is 0 Å². The van der Waals surface area contributed by atoms with E-state index in [-0.39, 0.29) is 36.8 Å². The highest BCUT2D eigenvalue weighted by Crippen LogP contribution is 2.38. The van der Waals surface area contributed by atoms with Crippen LogP contribution in [-0.2, 0) is 22.5 Å². The Hall–Kier alpha value is -3.71. The minimum Gasteiger partial charge on any atom is -0.496 e. The second-order valence-corrected chi connectivity index (χ2v) is 9.91. The molecule has 9 nitrogen and oxygen atoms in total. The smallest absolute Gasteiger partial charge is 0.406 e. The van der Waals surface area contributed by atoms with Crippen molar-refractivity contribution in [2.45, 2.75) is 19.1 Å². The number of hydrogen-bond donors (Lipinski definition) is 1. The van der Waals surface area contributed by atoms with Crippen molar-refractivity contribution in [2.75, 3.05) is 45.3 Å². The third-order valence-corrected chi connectivity index (χ3v) is 7.19. The van der Waals surface area contributed by atoms with E-state index >= 15 is 0 Å². The summed E-state index contributed by atoms with van der Waals surface area (Å²) in [5, 5.41) is 3.76. The van der Waals surface area contributed by atoms with Gasteiger partial charge in [-0.2, -0.15) is 13.2 Å². The first-order valence-electron chi connectivity index (χ1n) is 11.8. The minimum atomic E-state index is -4.47. The van der Waals surface area contributed by atoms with E-state index in [9.17, 15) is 22.8 Å². The maximum atomic E-state index is 12.9. The fraction of sp³-hybridized carbons (Fsp3) is 0.360. The number of nitrogens with one attached hydrogen (secondary N) is 1. The largest absolute Gasteiger partial charge is 0.496 e. The number of nitrogens with zero attached hydrogens (tertiary/aromatic N) is 4. The number of pyridine rings is 1. The Kier molecular flexibility index (Phi) is 7.21. The molecule has 4 heterocycles. The number of carbonyl (C=O) groups excluding carboxylic acids is 2. The molecule has 5 rings (SSSR count). The highest BCUT2D eigenvalue weighted by atomic mass is 32.1. The van der Waals surface area contributed by atoms with Gasteiger partial charge in [-0.1, -0.05) is 11.3 Å². The van der Waals surface area contributed by atoms with Crippen molar-refractivity contribution < 1.29 is 32.2 Å². The number of morpholine rings is 1. The van der Waals surface area contributed by atoms with Crippen molar-refractivity contribution in [1.82, 2.24) is 19.8 Å². The van der Waals surface area contributed by atoms with Crippen molar-refractivity contribution in [3.63, 3.8) is 0 Å². The highest BCUT2D eigenvalue weighted by Gasteiger charge is 2.37. The molecule has 2 aromatic heterocycles. The average Bonchev–Trinajstić information content (AvgIpc) is 3.34. The van der Waals surface area contributed by atoms with Gasteiger partial charge in [0.2, 0.25) is 5.91 Å². The van der Waals surface area contributed by atoms with Gasteiger partial charge in [0.1, 0.15) is 24.7 Å². The van der Waals surface area contributed by atoms with E-state index in [4.69, 9.17) is 9.47 Å². The Morgan fingerprint density at radius 1 is 1.16 bits per heavy atom. The van der Waals surface area contributed by atoms with Gasteiger partial charge in [-0.15, -0.1) is 0 Å². The monoisotopic (exact) mass is 547 g/mol. The molecule has 1 N–H and O–H groups in total. The molecule has 0 atom stereocenters. The van der Waals surface area contributed by atoms with Crippen LogP contribution >= 0.6 is 11.3 Å². The second kappa shape index (κ2) is 10.6. The number of hydrogen-bond acceptors (Lipinski definition) is 8. The molecule has 2 amide bonds. The van der Waals surface area contributed by atoms with Gasteiger partial charge < -0.3 is 24.6 Å². The van der Waals surface area contributed by atoms with Crippen LogP contribution in [-0.4, -0.2) is 77.7 Å². The molecule has 2 aliphatic heterocycles. The number of amides is 2. The number of benzene rings is 1. The van der Waals surface area contributed by atoms with E-state index in [1.54, 1.807) is 29.4 Å². The van der Waals surface area contributed by atoms with Crippen LogP contribution in [0.1, 0.15) is 21.5 Å². The molecule has 1 saturated heterocycles. The van der Waals surface area contributed by atoms with Crippen molar-refractivity contribution in [3.05, 3.63) is 53.3 Å². The fourth-order valence-electron chi connectivity index (χ4n) is 4.45. The van der Waals surface area contributed by atoms with Gasteiger partial charge in [-0.25, -0.2) is 9.97 Å². The van der Waals surface area contributed by atoms with Gasteiger partial charge in [0.25, 0.3) is 5.91 Å². The maximum Gasteiger partial charge on any atom is 0.406 e. The predicted octanol–water partition coefficient (Wildman–Crippen LogP) is 3.88. The SMILES string of the molecule is COc1cc(-c2cnc(Nc3cc(CN4CCOCC4=O)ccn3)s2)cc2c1C(=O)N(CC(F)(F)F)CC2. The van der Waals surface area contributed by atoms with E-state index in [1.807, 2.05) is 12.1 Å². The van der Waals surface area contributed by atoms with Crippen LogP contribution in [0.25, 0.3) is 10.4 Å². The van der Waals surface area contributed by atoms with Crippen molar-refractivity contribution in [3.8, 4) is 16.2 Å². The lowest BCUT2D eigenvalue weighted by Crippen LogP contribution is -2.43. The van der Waals surface area contributed by atoms with E-state index in [0.29, 0.717) is 36.2 Å². The third kappa shape index (κ3) is 5.73. The number of methoxy groups -OCH3 is 1. The summed E-state index contributed by atoms with van der Waals surface area (Å²) in [6, 6.07) is 7.14. The summed E-state index contributed by atoms with van der Waals surface area (Å²) < 4.78 is 49.3. The zero-order chi connectivity index (χ0) is 26.9. The number of aromatic nitrogens is 2. The molecule has 0 bridgehead atoms. The normalized spacial score (nSPS) is 16.0. The molecule has 0 aliphatic carbocycles. The van der Waals surface area contributed by atoms with Gasteiger partial charge >= 0.3 is 6.18 Å². The number of carbonyl (C=O) groups is 2. The summed E-state index contributed by atoms with van der Waals surface area (Å²) in [5.41, 5.74) is 2.46. The van der Waals surface area contributed by atoms with Crippen molar-refractivity contribution >= 4 is 34.1 Å². The van der Waals surface area contributed by atoms with E-state index in [0.717, 1.165) is 20.9 Å². The van der Waals surface area contributed by atoms with Crippen LogP contribution in [0.3, 0.4) is 0 Å². The number of rotatable bonds is 7. The van der Waals surface area contributed by atoms with Gasteiger partial charge in [0, 0.05) is 32.0 Å². The summed E-state index contributed by atoms with van der Waals surface area (Å²) in [5.74, 6) is 0.0533. The number of fused-ring (bicyclic) bond motifs is 1. The van der Waals surface area contributed by atoms with Crippen LogP contribution in [0.2, 0.25) is 0 Å². The molecular weight excluding hydrogens is 523 g/mol. The Balaban J connectivity index is 1.33. The van der Waals surface area contributed by atoms with Gasteiger partial charge in [0.15, 0.2) is 5.13 Å². The lowest BCUT2D eigenvalue weighted by molar-refractivity contribution is -0.143. The summed E-state index contributed by atoms with van der Waals surface area (Å²) in [6.07, 6.45) is -0.857. The zero-order valence-electron chi connectivity index (χ0n) is 20.4. The quantitative estimate of drug-likeness (QED) is 0.480. The Labute approximate surface area is 220 Å². The van der Waals surface area contributed by atoms with Crippen LogP contribution in [0.5, 0.6) is 5.75 Å². The Bertz CT molecular complexity index is 1350. The number of thiazole rings is 1. The Morgan fingerprint density at radius 2 is 2.00 bits per heavy atom. The fourth-order valence-corrected chi connectivity index (χ4v) is 5.26. The second-order valence-electron chi connectivity index (χ2n) is 8.88. The topological polar surface area (TPSA) is 96.9 Å². The Morgan fingerprint density at radius 3 is 2.76 bits per heavy atom. The highest BCUT2D eigenvalue weighted by molar-refractivity contribution is 7.18. The summed E-state index contributed by atoms with van der Waals surface area (Å²) in [6.45, 7) is 0.277. The number of ether oxygens (including phenoxy) is 2. The molecule has 200 valence electrons. The maximum absolute atomic E-state index is 12.9. The van der Waals surface area contributed by atoms with Crippen LogP contribution in [0.4, 0.5) is 24.1 Å². The first-order valence-corrected chi connectivity index (χ1v) is 12.6. The van der Waals surface area contributed by atoms with Crippen molar-refractivity contribution in [2.24, 2.45) is 0 Å². The molecular formula is C25H24F3N5O4S. The lowest BCUT2D eigenvalue weighted by Gasteiger charge is -2.30.